The van der Waals surface area contributed by atoms with Gasteiger partial charge < -0.3 is 14.8 Å². The van der Waals surface area contributed by atoms with Gasteiger partial charge in [-0.15, -0.1) is 0 Å². The number of carbonyl (C=O) groups is 1. The summed E-state index contributed by atoms with van der Waals surface area (Å²) in [6, 6.07) is 21.8. The average molecular weight is 457 g/mol. The maximum Gasteiger partial charge on any atom is 0.304 e. The Hall–Kier alpha value is -3.87. The number of carbonyl (C=O) groups excluding carboxylic acids is 1. The average Bonchev–Trinajstić information content (AvgIpc) is 3.19. The zero-order valence-corrected chi connectivity index (χ0v) is 18.8. The third-order valence-electron chi connectivity index (χ3n) is 6.10. The van der Waals surface area contributed by atoms with Crippen molar-refractivity contribution in [3.8, 4) is 5.75 Å². The van der Waals surface area contributed by atoms with Gasteiger partial charge in [-0.2, -0.15) is 0 Å². The van der Waals surface area contributed by atoms with Gasteiger partial charge in [-0.05, 0) is 47.4 Å². The predicted octanol–water partition coefficient (Wildman–Crippen LogP) is 6.17. The Labute approximate surface area is 196 Å². The monoisotopic (exact) mass is 456 g/mol. The number of ketones is 1. The van der Waals surface area contributed by atoms with Gasteiger partial charge in [-0.3, -0.25) is 4.79 Å². The SMILES string of the molecule is CC(C)c1ccc2c(c1)OC1(OC(=S)Nc3ccccc3)c3ccccc3C(=O)C21N=[N+]=[N-]. The van der Waals surface area contributed by atoms with Crippen LogP contribution in [0.1, 0.15) is 46.8 Å². The fourth-order valence-electron chi connectivity index (χ4n) is 4.55. The van der Waals surface area contributed by atoms with Gasteiger partial charge in [-0.25, -0.2) is 0 Å². The normalized spacial score (nSPS) is 22.0. The Morgan fingerprint density at radius 3 is 2.55 bits per heavy atom. The van der Waals surface area contributed by atoms with Crippen molar-refractivity contribution in [1.82, 2.24) is 0 Å². The summed E-state index contributed by atoms with van der Waals surface area (Å²) in [6.07, 6.45) is 0. The summed E-state index contributed by atoms with van der Waals surface area (Å²) in [5.41, 5.74) is 10.8. The van der Waals surface area contributed by atoms with Gasteiger partial charge in [0.2, 0.25) is 5.54 Å². The lowest BCUT2D eigenvalue weighted by molar-refractivity contribution is -0.147. The molecule has 7 nitrogen and oxygen atoms in total. The molecular formula is C25H20N4O3S. The second-order valence-corrected chi connectivity index (χ2v) is 8.65. The van der Waals surface area contributed by atoms with E-state index >= 15 is 0 Å². The molecule has 3 aromatic rings. The quantitative estimate of drug-likeness (QED) is 0.219. The van der Waals surface area contributed by atoms with E-state index in [1.165, 1.54) is 0 Å². The Balaban J connectivity index is 1.70. The minimum atomic E-state index is -1.79. The minimum Gasteiger partial charge on any atom is -0.446 e. The Morgan fingerprint density at radius 1 is 1.09 bits per heavy atom. The molecule has 0 aromatic heterocycles. The molecule has 0 spiro atoms. The molecule has 0 saturated heterocycles. The van der Waals surface area contributed by atoms with Gasteiger partial charge in [0, 0.05) is 27.3 Å². The van der Waals surface area contributed by atoms with Crippen LogP contribution in [0.4, 0.5) is 5.69 Å². The van der Waals surface area contributed by atoms with E-state index in [0.717, 1.165) is 5.56 Å². The van der Waals surface area contributed by atoms with Gasteiger partial charge in [0.25, 0.3) is 5.17 Å². The van der Waals surface area contributed by atoms with Crippen LogP contribution >= 0.6 is 12.2 Å². The van der Waals surface area contributed by atoms with E-state index in [-0.39, 0.29) is 11.1 Å². The number of fused-ring (bicyclic) bond motifs is 5. The Bertz CT molecular complexity index is 1340. The van der Waals surface area contributed by atoms with Gasteiger partial charge >= 0.3 is 5.79 Å². The number of azide groups is 1. The number of para-hydroxylation sites is 1. The van der Waals surface area contributed by atoms with E-state index in [1.807, 2.05) is 42.5 Å². The molecule has 3 aromatic carbocycles. The molecule has 8 heteroatoms. The summed E-state index contributed by atoms with van der Waals surface area (Å²) >= 11 is 5.51. The number of hydrogen-bond donors (Lipinski definition) is 1. The summed E-state index contributed by atoms with van der Waals surface area (Å²) < 4.78 is 12.7. The van der Waals surface area contributed by atoms with Gasteiger partial charge in [0.05, 0.1) is 0 Å². The molecule has 0 saturated carbocycles. The summed E-state index contributed by atoms with van der Waals surface area (Å²) in [7, 11) is 0. The van der Waals surface area contributed by atoms with E-state index in [4.69, 9.17) is 21.7 Å². The highest BCUT2D eigenvalue weighted by Crippen LogP contribution is 2.62. The van der Waals surface area contributed by atoms with Crippen molar-refractivity contribution in [3.63, 3.8) is 0 Å². The van der Waals surface area contributed by atoms with E-state index < -0.39 is 17.1 Å². The highest BCUT2D eigenvalue weighted by molar-refractivity contribution is 7.80. The fourth-order valence-corrected chi connectivity index (χ4v) is 4.78. The number of benzene rings is 3. The highest BCUT2D eigenvalue weighted by Gasteiger charge is 2.73. The predicted molar refractivity (Wildman–Crippen MR) is 128 cm³/mol. The number of ether oxygens (including phenoxy) is 2. The van der Waals surface area contributed by atoms with Crippen molar-refractivity contribution >= 4 is 28.9 Å². The van der Waals surface area contributed by atoms with E-state index in [0.29, 0.717) is 28.1 Å². The van der Waals surface area contributed by atoms with Crippen LogP contribution in [-0.2, 0) is 16.1 Å². The van der Waals surface area contributed by atoms with Gasteiger partial charge in [0.15, 0.2) is 5.78 Å². The molecule has 5 rings (SSSR count). The zero-order chi connectivity index (χ0) is 23.2. The van der Waals surface area contributed by atoms with Crippen LogP contribution in [0, 0.1) is 0 Å². The van der Waals surface area contributed by atoms with Crippen LogP contribution in [0.25, 0.3) is 10.4 Å². The van der Waals surface area contributed by atoms with Crippen molar-refractivity contribution in [2.24, 2.45) is 5.11 Å². The lowest BCUT2D eigenvalue weighted by Gasteiger charge is -2.35. The first-order valence-electron chi connectivity index (χ1n) is 10.5. The van der Waals surface area contributed by atoms with E-state index in [1.54, 1.807) is 30.3 Å². The molecule has 1 aliphatic carbocycles. The molecular weight excluding hydrogens is 436 g/mol. The number of nitrogens with one attached hydrogen (secondary N) is 1. The number of anilines is 1. The van der Waals surface area contributed by atoms with Crippen LogP contribution in [-0.4, -0.2) is 11.0 Å². The summed E-state index contributed by atoms with van der Waals surface area (Å²) in [6.45, 7) is 4.12. The molecule has 0 fully saturated rings. The minimum absolute atomic E-state index is 0.0138. The van der Waals surface area contributed by atoms with Crippen LogP contribution in [0.3, 0.4) is 0 Å². The maximum atomic E-state index is 13.8. The Kier molecular flexibility index (Phi) is 4.85. The first-order chi connectivity index (χ1) is 15.9. The third kappa shape index (κ3) is 2.92. The van der Waals surface area contributed by atoms with Crippen molar-refractivity contribution < 1.29 is 14.3 Å². The van der Waals surface area contributed by atoms with Crippen molar-refractivity contribution in [2.75, 3.05) is 5.32 Å². The number of rotatable bonds is 4. The number of nitrogens with zero attached hydrogens (tertiary/aromatic N) is 3. The maximum absolute atomic E-state index is 13.8. The first-order valence-corrected chi connectivity index (χ1v) is 10.9. The highest BCUT2D eigenvalue weighted by atomic mass is 32.1. The molecule has 2 atom stereocenters. The number of Topliss-reactive ketones (excluding diaryl/α,β-unsaturated/α-hetero) is 1. The largest absolute Gasteiger partial charge is 0.446 e. The topological polar surface area (TPSA) is 96.3 Å². The van der Waals surface area contributed by atoms with Crippen LogP contribution in [0.2, 0.25) is 0 Å². The summed E-state index contributed by atoms with van der Waals surface area (Å²) in [5, 5.41) is 7.06. The molecule has 1 N–H and O–H groups in total. The molecule has 164 valence electrons. The molecule has 33 heavy (non-hydrogen) atoms. The first kappa shape index (κ1) is 21.0. The molecule has 1 heterocycles. The lowest BCUT2D eigenvalue weighted by Crippen LogP contribution is -2.50. The van der Waals surface area contributed by atoms with Crippen LogP contribution in [0.5, 0.6) is 5.75 Å². The molecule has 2 unspecified atom stereocenters. The third-order valence-corrected chi connectivity index (χ3v) is 6.28. The molecule has 1 aliphatic heterocycles. The van der Waals surface area contributed by atoms with Crippen molar-refractivity contribution in [1.29, 1.82) is 0 Å². The number of thiocarbonyl (C=S) groups is 1. The van der Waals surface area contributed by atoms with Crippen molar-refractivity contribution in [2.45, 2.75) is 31.1 Å². The second kappa shape index (κ2) is 7.62. The summed E-state index contributed by atoms with van der Waals surface area (Å²) in [5.74, 6) is -1.51. The molecule has 2 aliphatic rings. The van der Waals surface area contributed by atoms with E-state index in [2.05, 4.69) is 29.2 Å². The zero-order valence-electron chi connectivity index (χ0n) is 18.0. The van der Waals surface area contributed by atoms with Gasteiger partial charge in [0.1, 0.15) is 5.75 Å². The molecule has 0 radical (unpaired) electrons. The second-order valence-electron chi connectivity index (χ2n) is 8.28. The Morgan fingerprint density at radius 2 is 1.82 bits per heavy atom. The lowest BCUT2D eigenvalue weighted by atomic mass is 9.83. The van der Waals surface area contributed by atoms with E-state index in [9.17, 15) is 10.3 Å². The smallest absolute Gasteiger partial charge is 0.304 e. The van der Waals surface area contributed by atoms with Crippen LogP contribution < -0.4 is 10.1 Å². The molecule has 0 bridgehead atoms. The summed E-state index contributed by atoms with van der Waals surface area (Å²) in [4.78, 5) is 16.9. The van der Waals surface area contributed by atoms with Gasteiger partial charge in [-0.1, -0.05) is 73.6 Å². The standard InChI is InChI=1S/C25H20N4O3S/c1-15(2)16-12-13-20-21(14-16)31-25(32-23(33)27-17-8-4-3-5-9-17)19-11-7-6-10-18(19)22(30)24(20,25)28-29-26/h3-15H,1-2H3,(H,27,33). The van der Waals surface area contributed by atoms with Crippen LogP contribution in [0.15, 0.2) is 77.9 Å². The van der Waals surface area contributed by atoms with Crippen molar-refractivity contribution in [3.05, 3.63) is 105 Å². The fraction of sp³-hybridized carbons (Fsp3) is 0.200. The molecule has 0 amide bonds. The number of hydrogen-bond acceptors (Lipinski definition) is 5.